The molecule has 0 bridgehead atoms. The zero-order valence-corrected chi connectivity index (χ0v) is 5.73. The highest BCUT2D eigenvalue weighted by Gasteiger charge is 1.98. The van der Waals surface area contributed by atoms with Crippen LogP contribution in [0.1, 0.15) is 5.82 Å². The second kappa shape index (κ2) is 2.10. The van der Waals surface area contributed by atoms with Crippen molar-refractivity contribution in [2.24, 2.45) is 0 Å². The van der Waals surface area contributed by atoms with Gasteiger partial charge >= 0.3 is 0 Å². The number of rotatable bonds is 0. The maximum atomic E-state index is 5.19. The Labute approximate surface area is 63.7 Å². The van der Waals surface area contributed by atoms with Gasteiger partial charge in [0.2, 0.25) is 5.82 Å². The number of hydrogen-bond acceptors (Lipinski definition) is 2. The van der Waals surface area contributed by atoms with Gasteiger partial charge in [-0.2, -0.15) is 0 Å². The van der Waals surface area contributed by atoms with Crippen LogP contribution in [-0.4, -0.2) is 14.6 Å². The van der Waals surface area contributed by atoms with Crippen LogP contribution >= 0.6 is 0 Å². The van der Waals surface area contributed by atoms with E-state index in [0.717, 1.165) is 5.65 Å². The first-order chi connectivity index (χ1) is 5.42. The minimum Gasteiger partial charge on any atom is -0.276 e. The van der Waals surface area contributed by atoms with Crippen molar-refractivity contribution in [1.82, 2.24) is 14.6 Å². The van der Waals surface area contributed by atoms with Crippen molar-refractivity contribution in [3.8, 4) is 12.3 Å². The summed E-state index contributed by atoms with van der Waals surface area (Å²) in [5.41, 5.74) is 0.778. The minimum absolute atomic E-state index is 0.542. The van der Waals surface area contributed by atoms with Crippen LogP contribution in [0.4, 0.5) is 0 Å². The summed E-state index contributed by atoms with van der Waals surface area (Å²) in [6.07, 6.45) is 7.02. The van der Waals surface area contributed by atoms with E-state index in [-0.39, 0.29) is 0 Å². The normalized spacial score (nSPS) is 9.73. The highest BCUT2D eigenvalue weighted by Crippen LogP contribution is 2.00. The van der Waals surface area contributed by atoms with Crippen LogP contribution in [-0.2, 0) is 0 Å². The number of hydrogen-bond donors (Lipinski definition) is 0. The van der Waals surface area contributed by atoms with E-state index < -0.39 is 0 Å². The molecule has 0 atom stereocenters. The van der Waals surface area contributed by atoms with Gasteiger partial charge in [-0.3, -0.25) is 4.40 Å². The van der Waals surface area contributed by atoms with Gasteiger partial charge in [0.25, 0.3) is 0 Å². The van der Waals surface area contributed by atoms with Crippen molar-refractivity contribution in [1.29, 1.82) is 0 Å². The van der Waals surface area contributed by atoms with E-state index in [4.69, 9.17) is 6.42 Å². The third kappa shape index (κ3) is 0.767. The lowest BCUT2D eigenvalue weighted by Gasteiger charge is -1.88. The van der Waals surface area contributed by atoms with Gasteiger partial charge in [0, 0.05) is 6.20 Å². The Hall–Kier alpha value is -1.82. The van der Waals surface area contributed by atoms with Crippen LogP contribution in [0.25, 0.3) is 5.65 Å². The monoisotopic (exact) mass is 143 g/mol. The lowest BCUT2D eigenvalue weighted by molar-refractivity contribution is 1.07. The molecule has 0 aromatic carbocycles. The molecule has 0 saturated heterocycles. The minimum atomic E-state index is 0.542. The molecule has 0 aliphatic rings. The molecule has 2 aromatic rings. The van der Waals surface area contributed by atoms with E-state index >= 15 is 0 Å². The summed E-state index contributed by atoms with van der Waals surface area (Å²) in [6.45, 7) is 0. The highest BCUT2D eigenvalue weighted by atomic mass is 15.2. The summed E-state index contributed by atoms with van der Waals surface area (Å²) < 4.78 is 1.76. The Morgan fingerprint density at radius 1 is 1.36 bits per heavy atom. The Morgan fingerprint density at radius 2 is 2.27 bits per heavy atom. The van der Waals surface area contributed by atoms with Crippen LogP contribution in [0.15, 0.2) is 24.4 Å². The summed E-state index contributed by atoms with van der Waals surface area (Å²) in [6, 6.07) is 5.63. The molecule has 11 heavy (non-hydrogen) atoms. The fourth-order valence-electron chi connectivity index (χ4n) is 0.940. The number of fused-ring (bicyclic) bond motifs is 1. The third-order valence-corrected chi connectivity index (χ3v) is 1.44. The standard InChI is InChI=1S/C8H5N3/c1-2-7-9-10-8-5-3-4-6-11(7)8/h1,3-6H. The first-order valence-electron chi connectivity index (χ1n) is 3.18. The van der Waals surface area contributed by atoms with E-state index in [1.165, 1.54) is 0 Å². The Kier molecular flexibility index (Phi) is 1.13. The third-order valence-electron chi connectivity index (χ3n) is 1.44. The second-order valence-corrected chi connectivity index (χ2v) is 2.10. The highest BCUT2D eigenvalue weighted by molar-refractivity contribution is 5.40. The maximum Gasteiger partial charge on any atom is 0.212 e. The van der Waals surface area contributed by atoms with Crippen molar-refractivity contribution < 1.29 is 0 Å². The molecule has 3 heteroatoms. The average Bonchev–Trinajstić information content (AvgIpc) is 2.47. The fourth-order valence-corrected chi connectivity index (χ4v) is 0.940. The summed E-state index contributed by atoms with van der Waals surface area (Å²) in [5, 5.41) is 7.65. The topological polar surface area (TPSA) is 30.2 Å². The smallest absolute Gasteiger partial charge is 0.212 e. The number of pyridine rings is 1. The molecule has 0 saturated carbocycles. The van der Waals surface area contributed by atoms with Crippen molar-refractivity contribution >= 4 is 5.65 Å². The van der Waals surface area contributed by atoms with Crippen LogP contribution in [0, 0.1) is 12.3 Å². The van der Waals surface area contributed by atoms with Crippen LogP contribution in [0.3, 0.4) is 0 Å². The summed E-state index contributed by atoms with van der Waals surface area (Å²) in [4.78, 5) is 0. The van der Waals surface area contributed by atoms with Gasteiger partial charge in [-0.15, -0.1) is 16.6 Å². The van der Waals surface area contributed by atoms with E-state index in [1.54, 1.807) is 4.40 Å². The van der Waals surface area contributed by atoms with E-state index in [1.807, 2.05) is 24.4 Å². The van der Waals surface area contributed by atoms with Crippen molar-refractivity contribution in [2.45, 2.75) is 0 Å². The molecule has 0 unspecified atom stereocenters. The van der Waals surface area contributed by atoms with Gasteiger partial charge in [0.15, 0.2) is 5.65 Å². The first kappa shape index (κ1) is 5.93. The molecule has 0 spiro atoms. The maximum absolute atomic E-state index is 5.19. The lowest BCUT2D eigenvalue weighted by Crippen LogP contribution is -1.86. The van der Waals surface area contributed by atoms with Crippen molar-refractivity contribution in [3.05, 3.63) is 30.2 Å². The molecule has 0 radical (unpaired) electrons. The van der Waals surface area contributed by atoms with Crippen LogP contribution in [0.2, 0.25) is 0 Å². The quantitative estimate of drug-likeness (QED) is 0.508. The molecule has 0 amide bonds. The zero-order valence-electron chi connectivity index (χ0n) is 5.73. The lowest BCUT2D eigenvalue weighted by atomic mass is 10.5. The predicted octanol–water partition coefficient (Wildman–Crippen LogP) is 0.711. The average molecular weight is 143 g/mol. The molecule has 2 aromatic heterocycles. The number of terminal acetylenes is 1. The van der Waals surface area contributed by atoms with Crippen molar-refractivity contribution in [3.63, 3.8) is 0 Å². The van der Waals surface area contributed by atoms with Gasteiger partial charge in [0.05, 0.1) is 0 Å². The summed E-state index contributed by atoms with van der Waals surface area (Å²) in [5.74, 6) is 2.98. The molecule has 0 fully saturated rings. The van der Waals surface area contributed by atoms with Gasteiger partial charge in [-0.1, -0.05) is 6.07 Å². The van der Waals surface area contributed by atoms with E-state index in [0.29, 0.717) is 5.82 Å². The van der Waals surface area contributed by atoms with Crippen molar-refractivity contribution in [2.75, 3.05) is 0 Å². The summed E-state index contributed by atoms with van der Waals surface area (Å²) in [7, 11) is 0. The molecule has 52 valence electrons. The van der Waals surface area contributed by atoms with Gasteiger partial charge in [-0.25, -0.2) is 0 Å². The Balaban J connectivity index is 2.89. The molecular weight excluding hydrogens is 138 g/mol. The summed E-state index contributed by atoms with van der Waals surface area (Å²) >= 11 is 0. The molecule has 2 rings (SSSR count). The van der Waals surface area contributed by atoms with E-state index in [2.05, 4.69) is 16.1 Å². The molecule has 0 aliphatic heterocycles. The molecule has 0 aliphatic carbocycles. The van der Waals surface area contributed by atoms with E-state index in [9.17, 15) is 0 Å². The molecule has 2 heterocycles. The number of nitrogens with zero attached hydrogens (tertiary/aromatic N) is 3. The Morgan fingerprint density at radius 3 is 3.09 bits per heavy atom. The van der Waals surface area contributed by atoms with Gasteiger partial charge < -0.3 is 0 Å². The zero-order chi connectivity index (χ0) is 7.68. The van der Waals surface area contributed by atoms with Gasteiger partial charge in [0.1, 0.15) is 0 Å². The van der Waals surface area contributed by atoms with Gasteiger partial charge in [-0.05, 0) is 18.1 Å². The van der Waals surface area contributed by atoms with Crippen LogP contribution in [0.5, 0.6) is 0 Å². The largest absolute Gasteiger partial charge is 0.276 e. The molecular formula is C8H5N3. The SMILES string of the molecule is C#Cc1nnc2ccccn12. The first-order valence-corrected chi connectivity index (χ1v) is 3.18. The van der Waals surface area contributed by atoms with Crippen LogP contribution < -0.4 is 0 Å². The fraction of sp³-hybridized carbons (Fsp3) is 0. The number of aromatic nitrogens is 3. The second-order valence-electron chi connectivity index (χ2n) is 2.10. The Bertz CT molecular complexity index is 422. The predicted molar refractivity (Wildman–Crippen MR) is 40.9 cm³/mol. The molecule has 3 nitrogen and oxygen atoms in total. The molecule has 0 N–H and O–H groups in total.